The van der Waals surface area contributed by atoms with E-state index in [4.69, 9.17) is 11.6 Å². The van der Waals surface area contributed by atoms with Gasteiger partial charge in [0.25, 0.3) is 0 Å². The van der Waals surface area contributed by atoms with Crippen molar-refractivity contribution in [2.75, 3.05) is 26.2 Å². The molecule has 0 aliphatic carbocycles. The Bertz CT molecular complexity index is 535. The molecule has 0 radical (unpaired) electrons. The number of benzene rings is 1. The summed E-state index contributed by atoms with van der Waals surface area (Å²) in [5.74, 6) is 0.811. The summed E-state index contributed by atoms with van der Waals surface area (Å²) < 4.78 is 0. The van der Waals surface area contributed by atoms with E-state index in [0.29, 0.717) is 19.6 Å². The molecular weight excluding hydrogens is 324 g/mol. The molecule has 3 N–H and O–H groups in total. The maximum atomic E-state index is 11.8. The van der Waals surface area contributed by atoms with Crippen molar-refractivity contribution in [3.05, 3.63) is 34.9 Å². The Kier molecular flexibility index (Phi) is 8.61. The molecule has 0 unspecified atom stereocenters. The molecule has 6 heteroatoms. The summed E-state index contributed by atoms with van der Waals surface area (Å²) in [7, 11) is 0. The molecule has 0 atom stereocenters. The van der Waals surface area contributed by atoms with E-state index in [9.17, 15) is 4.79 Å². The van der Waals surface area contributed by atoms with Crippen molar-refractivity contribution in [2.24, 2.45) is 10.4 Å². The van der Waals surface area contributed by atoms with Crippen LogP contribution in [0.25, 0.3) is 0 Å². The Hall–Kier alpha value is -1.75. The Balaban J connectivity index is 2.37. The highest BCUT2D eigenvalue weighted by molar-refractivity contribution is 6.30. The first kappa shape index (κ1) is 20.3. The number of hydrogen-bond acceptors (Lipinski definition) is 2. The fraction of sp³-hybridized carbons (Fsp3) is 0.556. The third-order valence-electron chi connectivity index (χ3n) is 3.31. The van der Waals surface area contributed by atoms with E-state index < -0.39 is 0 Å². The van der Waals surface area contributed by atoms with Crippen LogP contribution in [0, 0.1) is 5.41 Å². The molecular formula is C18H29ClN4O. The van der Waals surface area contributed by atoms with Crippen molar-refractivity contribution < 1.29 is 4.79 Å². The Labute approximate surface area is 150 Å². The molecule has 0 aliphatic rings. The summed E-state index contributed by atoms with van der Waals surface area (Å²) in [6.45, 7) is 10.4. The molecule has 0 aromatic heterocycles. The van der Waals surface area contributed by atoms with Gasteiger partial charge in [-0.25, -0.2) is 0 Å². The monoisotopic (exact) mass is 352 g/mol. The molecule has 1 rings (SSSR count). The molecule has 1 aromatic carbocycles. The average Bonchev–Trinajstić information content (AvgIpc) is 2.52. The van der Waals surface area contributed by atoms with Crippen LogP contribution in [0.2, 0.25) is 5.02 Å². The predicted octanol–water partition coefficient (Wildman–Crippen LogP) is 2.60. The van der Waals surface area contributed by atoms with Crippen molar-refractivity contribution in [3.63, 3.8) is 0 Å². The zero-order valence-electron chi connectivity index (χ0n) is 15.1. The van der Waals surface area contributed by atoms with Crippen LogP contribution in [-0.2, 0) is 11.2 Å². The topological polar surface area (TPSA) is 65.5 Å². The zero-order valence-corrected chi connectivity index (χ0v) is 15.8. The van der Waals surface area contributed by atoms with Crippen molar-refractivity contribution in [3.8, 4) is 0 Å². The van der Waals surface area contributed by atoms with Gasteiger partial charge in [0.1, 0.15) is 0 Å². The smallest absolute Gasteiger partial charge is 0.225 e. The molecule has 0 aliphatic heterocycles. The van der Waals surface area contributed by atoms with E-state index in [1.807, 2.05) is 52.0 Å². The number of guanidine groups is 1. The number of halogens is 1. The first-order valence-electron chi connectivity index (χ1n) is 8.38. The summed E-state index contributed by atoms with van der Waals surface area (Å²) in [6.07, 6.45) is 0.856. The summed E-state index contributed by atoms with van der Waals surface area (Å²) in [4.78, 5) is 16.3. The van der Waals surface area contributed by atoms with E-state index in [0.717, 1.165) is 23.9 Å². The number of rotatable bonds is 7. The lowest BCUT2D eigenvalue weighted by atomic mass is 9.96. The highest BCUT2D eigenvalue weighted by Crippen LogP contribution is 2.12. The summed E-state index contributed by atoms with van der Waals surface area (Å²) in [6, 6.07) is 7.81. The fourth-order valence-corrected chi connectivity index (χ4v) is 2.04. The van der Waals surface area contributed by atoms with Gasteiger partial charge >= 0.3 is 0 Å². The van der Waals surface area contributed by atoms with Crippen LogP contribution < -0.4 is 16.0 Å². The number of hydrogen-bond donors (Lipinski definition) is 3. The average molecular weight is 353 g/mol. The van der Waals surface area contributed by atoms with Crippen molar-refractivity contribution in [1.29, 1.82) is 0 Å². The third-order valence-corrected chi connectivity index (χ3v) is 3.56. The van der Waals surface area contributed by atoms with Crippen molar-refractivity contribution >= 4 is 23.5 Å². The molecule has 1 amide bonds. The van der Waals surface area contributed by atoms with Gasteiger partial charge in [-0.05, 0) is 31.0 Å². The number of carbonyl (C=O) groups excluding carboxylic acids is 1. The second kappa shape index (κ2) is 10.2. The first-order chi connectivity index (χ1) is 11.3. The van der Waals surface area contributed by atoms with Crippen LogP contribution in [0.5, 0.6) is 0 Å². The van der Waals surface area contributed by atoms with Crippen LogP contribution in [0.15, 0.2) is 29.3 Å². The second-order valence-corrected chi connectivity index (χ2v) is 7.01. The molecule has 0 bridgehead atoms. The van der Waals surface area contributed by atoms with Crippen LogP contribution in [0.4, 0.5) is 0 Å². The molecule has 5 nitrogen and oxygen atoms in total. The normalized spacial score (nSPS) is 12.0. The van der Waals surface area contributed by atoms with Gasteiger partial charge in [-0.1, -0.05) is 44.5 Å². The Morgan fingerprint density at radius 2 is 1.71 bits per heavy atom. The molecule has 0 saturated carbocycles. The summed E-state index contributed by atoms with van der Waals surface area (Å²) >= 11 is 5.88. The third kappa shape index (κ3) is 8.20. The van der Waals surface area contributed by atoms with Crippen molar-refractivity contribution in [2.45, 2.75) is 34.1 Å². The standard InChI is InChI=1S/C18H29ClN4O/c1-5-20-17(23-13-12-21-16(24)18(2,3)4)22-11-10-14-6-8-15(19)9-7-14/h6-9H,5,10-13H2,1-4H3,(H,21,24)(H2,20,22,23). The van der Waals surface area contributed by atoms with E-state index in [1.165, 1.54) is 5.56 Å². The first-order valence-corrected chi connectivity index (χ1v) is 8.75. The quantitative estimate of drug-likeness (QED) is 0.401. The maximum absolute atomic E-state index is 11.8. The summed E-state index contributed by atoms with van der Waals surface area (Å²) in [5, 5.41) is 10.1. The van der Waals surface area contributed by atoms with Gasteiger partial charge in [0.05, 0.1) is 0 Å². The zero-order chi connectivity index (χ0) is 18.0. The molecule has 134 valence electrons. The van der Waals surface area contributed by atoms with Crippen LogP contribution in [-0.4, -0.2) is 38.0 Å². The van der Waals surface area contributed by atoms with Gasteiger partial charge in [0.2, 0.25) is 5.91 Å². The Morgan fingerprint density at radius 1 is 1.08 bits per heavy atom. The lowest BCUT2D eigenvalue weighted by molar-refractivity contribution is -0.128. The number of nitrogens with zero attached hydrogens (tertiary/aromatic N) is 1. The lowest BCUT2D eigenvalue weighted by Gasteiger charge is -2.18. The van der Waals surface area contributed by atoms with Crippen LogP contribution >= 0.6 is 11.6 Å². The SMILES string of the molecule is CCNC(=NCCc1ccc(Cl)cc1)NCCNC(=O)C(C)(C)C. The van der Waals surface area contributed by atoms with Crippen LogP contribution in [0.1, 0.15) is 33.3 Å². The molecule has 0 saturated heterocycles. The van der Waals surface area contributed by atoms with E-state index >= 15 is 0 Å². The number of amides is 1. The number of carbonyl (C=O) groups is 1. The largest absolute Gasteiger partial charge is 0.357 e. The second-order valence-electron chi connectivity index (χ2n) is 6.57. The summed E-state index contributed by atoms with van der Waals surface area (Å²) in [5.41, 5.74) is 0.841. The van der Waals surface area contributed by atoms with E-state index in [1.54, 1.807) is 0 Å². The van der Waals surface area contributed by atoms with Crippen molar-refractivity contribution in [1.82, 2.24) is 16.0 Å². The minimum Gasteiger partial charge on any atom is -0.357 e. The number of nitrogens with one attached hydrogen (secondary N) is 3. The predicted molar refractivity (Wildman–Crippen MR) is 102 cm³/mol. The van der Waals surface area contributed by atoms with Gasteiger partial charge in [0, 0.05) is 36.6 Å². The van der Waals surface area contributed by atoms with Gasteiger partial charge in [-0.15, -0.1) is 0 Å². The van der Waals surface area contributed by atoms with Gasteiger partial charge < -0.3 is 16.0 Å². The van der Waals surface area contributed by atoms with Gasteiger partial charge in [0.15, 0.2) is 5.96 Å². The van der Waals surface area contributed by atoms with E-state index in [-0.39, 0.29) is 11.3 Å². The number of aliphatic imine (C=N–C) groups is 1. The van der Waals surface area contributed by atoms with Gasteiger partial charge in [-0.3, -0.25) is 9.79 Å². The molecule has 24 heavy (non-hydrogen) atoms. The molecule has 0 fully saturated rings. The highest BCUT2D eigenvalue weighted by atomic mass is 35.5. The van der Waals surface area contributed by atoms with Gasteiger partial charge in [-0.2, -0.15) is 0 Å². The highest BCUT2D eigenvalue weighted by Gasteiger charge is 2.20. The molecule has 0 spiro atoms. The minimum absolute atomic E-state index is 0.0500. The lowest BCUT2D eigenvalue weighted by Crippen LogP contribution is -2.43. The maximum Gasteiger partial charge on any atom is 0.225 e. The molecule has 1 aromatic rings. The fourth-order valence-electron chi connectivity index (χ4n) is 1.91. The van der Waals surface area contributed by atoms with Crippen LogP contribution in [0.3, 0.4) is 0 Å². The Morgan fingerprint density at radius 3 is 2.29 bits per heavy atom. The van der Waals surface area contributed by atoms with E-state index in [2.05, 4.69) is 20.9 Å². The molecule has 0 heterocycles. The minimum atomic E-state index is -0.364.